The first-order valence-corrected chi connectivity index (χ1v) is 9.97. The molecule has 0 aliphatic carbocycles. The summed E-state index contributed by atoms with van der Waals surface area (Å²) in [5.41, 5.74) is 0.788. The fourth-order valence-electron chi connectivity index (χ4n) is 3.59. The molecule has 1 aromatic rings. The molecular weight excluding hydrogens is 437 g/mol. The van der Waals surface area contributed by atoms with E-state index in [1.54, 1.807) is 11.8 Å². The number of likely N-dealkylation sites (tertiary alicyclic amines) is 1. The Balaban J connectivity index is 0.000000451. The average Bonchev–Trinajstić information content (AvgIpc) is 3.36. The number of carboxylic acids is 1. The Morgan fingerprint density at radius 3 is 2.56 bits per heavy atom. The zero-order valence-corrected chi connectivity index (χ0v) is 17.8. The van der Waals surface area contributed by atoms with Gasteiger partial charge < -0.3 is 24.8 Å². The topological polar surface area (TPSA) is 123 Å². The number of carbonyl (C=O) groups is 3. The van der Waals surface area contributed by atoms with Crippen LogP contribution in [0.25, 0.3) is 0 Å². The number of nitrogens with one attached hydrogen (secondary N) is 1. The minimum atomic E-state index is -5.08. The molecule has 10 nitrogen and oxygen atoms in total. The summed E-state index contributed by atoms with van der Waals surface area (Å²) in [6.45, 7) is 2.34. The number of aliphatic carboxylic acids is 1. The number of aromatic nitrogens is 2. The predicted molar refractivity (Wildman–Crippen MR) is 103 cm³/mol. The number of hydrogen-bond donors (Lipinski definition) is 2. The number of methoxy groups -OCH3 is 1. The van der Waals surface area contributed by atoms with E-state index in [2.05, 4.69) is 10.4 Å². The third-order valence-electron chi connectivity index (χ3n) is 5.05. The van der Waals surface area contributed by atoms with Crippen LogP contribution in [0.2, 0.25) is 0 Å². The zero-order chi connectivity index (χ0) is 23.9. The molecule has 0 radical (unpaired) electrons. The third kappa shape index (κ3) is 7.79. The molecule has 3 heterocycles. The van der Waals surface area contributed by atoms with Crippen molar-refractivity contribution in [3.8, 4) is 0 Å². The Bertz CT molecular complexity index is 786. The lowest BCUT2D eigenvalue weighted by atomic mass is 10.0. The van der Waals surface area contributed by atoms with E-state index in [-0.39, 0.29) is 24.0 Å². The van der Waals surface area contributed by atoms with Crippen LogP contribution in [0, 0.1) is 5.92 Å². The van der Waals surface area contributed by atoms with Crippen LogP contribution in [0.3, 0.4) is 0 Å². The molecule has 3 rings (SSSR count). The summed E-state index contributed by atoms with van der Waals surface area (Å²) >= 11 is 0. The van der Waals surface area contributed by atoms with Crippen LogP contribution in [0.15, 0.2) is 12.3 Å². The third-order valence-corrected chi connectivity index (χ3v) is 5.05. The number of alkyl halides is 3. The van der Waals surface area contributed by atoms with Crippen molar-refractivity contribution in [2.45, 2.75) is 37.6 Å². The van der Waals surface area contributed by atoms with E-state index < -0.39 is 12.1 Å². The van der Waals surface area contributed by atoms with Crippen molar-refractivity contribution in [3.05, 3.63) is 18.0 Å². The normalized spacial score (nSPS) is 22.2. The highest BCUT2D eigenvalue weighted by Gasteiger charge is 2.43. The van der Waals surface area contributed by atoms with Crippen molar-refractivity contribution in [3.63, 3.8) is 0 Å². The predicted octanol–water partition coefficient (Wildman–Crippen LogP) is 0.365. The van der Waals surface area contributed by atoms with Gasteiger partial charge in [-0.15, -0.1) is 0 Å². The number of halogens is 3. The van der Waals surface area contributed by atoms with Crippen molar-refractivity contribution >= 4 is 17.8 Å². The quantitative estimate of drug-likeness (QED) is 0.559. The van der Waals surface area contributed by atoms with Gasteiger partial charge in [-0.1, -0.05) is 0 Å². The molecule has 2 aliphatic heterocycles. The highest BCUT2D eigenvalue weighted by Crippen LogP contribution is 2.34. The molecule has 32 heavy (non-hydrogen) atoms. The van der Waals surface area contributed by atoms with E-state index in [4.69, 9.17) is 19.4 Å². The van der Waals surface area contributed by atoms with E-state index in [0.29, 0.717) is 45.0 Å². The van der Waals surface area contributed by atoms with Crippen molar-refractivity contribution in [2.24, 2.45) is 13.0 Å². The fourth-order valence-corrected chi connectivity index (χ4v) is 3.59. The Morgan fingerprint density at radius 1 is 1.34 bits per heavy atom. The van der Waals surface area contributed by atoms with Crippen LogP contribution in [0.5, 0.6) is 0 Å². The first-order chi connectivity index (χ1) is 15.0. The Kier molecular flexibility index (Phi) is 9.01. The van der Waals surface area contributed by atoms with Crippen molar-refractivity contribution in [1.82, 2.24) is 20.0 Å². The van der Waals surface area contributed by atoms with Crippen LogP contribution in [-0.4, -0.2) is 89.3 Å². The summed E-state index contributed by atoms with van der Waals surface area (Å²) < 4.78 is 44.3. The summed E-state index contributed by atoms with van der Waals surface area (Å²) in [6.07, 6.45) is -1.72. The fraction of sp³-hybridized carbons (Fsp3) is 0.684. The molecule has 2 amide bonds. The van der Waals surface area contributed by atoms with Crippen LogP contribution in [0.1, 0.15) is 18.5 Å². The molecule has 0 unspecified atom stereocenters. The van der Waals surface area contributed by atoms with E-state index in [0.717, 1.165) is 12.1 Å². The molecule has 13 heteroatoms. The molecule has 0 spiro atoms. The number of ether oxygens (including phenoxy) is 2. The average molecular weight is 464 g/mol. The van der Waals surface area contributed by atoms with Gasteiger partial charge in [-0.25, -0.2) is 4.79 Å². The van der Waals surface area contributed by atoms with Gasteiger partial charge in [0.15, 0.2) is 0 Å². The van der Waals surface area contributed by atoms with Crippen molar-refractivity contribution in [2.75, 3.05) is 33.4 Å². The van der Waals surface area contributed by atoms with Crippen LogP contribution in [0.4, 0.5) is 13.2 Å². The van der Waals surface area contributed by atoms with Gasteiger partial charge >= 0.3 is 12.1 Å². The number of amides is 2. The second-order valence-electron chi connectivity index (χ2n) is 7.60. The SMILES string of the molecule is COCCNC(=O)C[C@@H]1C[C@H]2CN(C(=O)Cc3ccn(C)n3)C[C@H]2O1.O=C(O)C(F)(F)F. The number of hydrogen-bond acceptors (Lipinski definition) is 6. The summed E-state index contributed by atoms with van der Waals surface area (Å²) in [5.74, 6) is -2.35. The Labute approximate surface area is 182 Å². The van der Waals surface area contributed by atoms with Crippen molar-refractivity contribution in [1.29, 1.82) is 0 Å². The van der Waals surface area contributed by atoms with E-state index in [9.17, 15) is 22.8 Å². The summed E-state index contributed by atoms with van der Waals surface area (Å²) in [5, 5.41) is 14.2. The van der Waals surface area contributed by atoms with E-state index in [1.807, 2.05) is 24.2 Å². The van der Waals surface area contributed by atoms with Gasteiger partial charge in [0.25, 0.3) is 0 Å². The molecule has 0 bridgehead atoms. The summed E-state index contributed by atoms with van der Waals surface area (Å²) in [7, 11) is 3.45. The second-order valence-corrected chi connectivity index (χ2v) is 7.60. The molecule has 0 saturated carbocycles. The Hall–Kier alpha value is -2.67. The maximum Gasteiger partial charge on any atom is 0.490 e. The standard InChI is InChI=1S/C17H26N4O4.C2HF3O2/c1-20-5-3-13(19-20)8-17(23)21-10-12-7-14(25-15(12)11-21)9-16(22)18-4-6-24-2;3-2(4,5)1(6)7/h3,5,12,14-15H,4,6-11H2,1-2H3,(H,18,22);(H,6,7)/t12-,14-,15+;/m0./s1. The molecular formula is C19H27F3N4O6. The monoisotopic (exact) mass is 464 g/mol. The van der Waals surface area contributed by atoms with Gasteiger partial charge in [0.1, 0.15) is 0 Å². The summed E-state index contributed by atoms with van der Waals surface area (Å²) in [6, 6.07) is 1.86. The highest BCUT2D eigenvalue weighted by atomic mass is 19.4. The molecule has 2 aliphatic rings. The molecule has 2 fully saturated rings. The largest absolute Gasteiger partial charge is 0.490 e. The number of carboxylic acid groups (broad SMARTS) is 1. The smallest absolute Gasteiger partial charge is 0.475 e. The number of rotatable bonds is 7. The second kappa shape index (κ2) is 11.3. The summed E-state index contributed by atoms with van der Waals surface area (Å²) in [4.78, 5) is 35.0. The minimum absolute atomic E-state index is 0.00916. The number of nitrogens with zero attached hydrogens (tertiary/aromatic N) is 3. The lowest BCUT2D eigenvalue weighted by Gasteiger charge is -2.19. The van der Waals surface area contributed by atoms with Crippen LogP contribution < -0.4 is 5.32 Å². The van der Waals surface area contributed by atoms with Gasteiger partial charge in [-0.05, 0) is 12.5 Å². The van der Waals surface area contributed by atoms with Gasteiger partial charge in [-0.2, -0.15) is 18.3 Å². The number of fused-ring (bicyclic) bond motifs is 1. The number of carbonyl (C=O) groups excluding carboxylic acids is 2. The molecule has 180 valence electrons. The molecule has 0 aromatic carbocycles. The Morgan fingerprint density at radius 2 is 2.03 bits per heavy atom. The number of aryl methyl sites for hydroxylation is 1. The van der Waals surface area contributed by atoms with Crippen LogP contribution >= 0.6 is 0 Å². The van der Waals surface area contributed by atoms with E-state index in [1.165, 1.54) is 0 Å². The minimum Gasteiger partial charge on any atom is -0.475 e. The maximum atomic E-state index is 12.4. The van der Waals surface area contributed by atoms with Gasteiger partial charge in [0, 0.05) is 45.9 Å². The maximum absolute atomic E-state index is 12.4. The first-order valence-electron chi connectivity index (χ1n) is 9.97. The molecule has 3 atom stereocenters. The van der Waals surface area contributed by atoms with Gasteiger partial charge in [0.05, 0.1) is 37.4 Å². The van der Waals surface area contributed by atoms with Crippen molar-refractivity contribution < 1.29 is 42.1 Å². The lowest BCUT2D eigenvalue weighted by Crippen LogP contribution is -2.34. The lowest BCUT2D eigenvalue weighted by molar-refractivity contribution is -0.192. The first kappa shape index (κ1) is 25.6. The zero-order valence-electron chi connectivity index (χ0n) is 17.8. The highest BCUT2D eigenvalue weighted by molar-refractivity contribution is 5.79. The molecule has 2 saturated heterocycles. The molecule has 2 N–H and O–H groups in total. The van der Waals surface area contributed by atoms with Gasteiger partial charge in [-0.3, -0.25) is 14.3 Å². The van der Waals surface area contributed by atoms with E-state index >= 15 is 0 Å². The van der Waals surface area contributed by atoms with Crippen LogP contribution in [-0.2, 0) is 37.3 Å². The van der Waals surface area contributed by atoms with Gasteiger partial charge in [0.2, 0.25) is 11.8 Å². The molecule has 1 aromatic heterocycles.